The molecule has 32 heavy (non-hydrogen) atoms. The van der Waals surface area contributed by atoms with Gasteiger partial charge in [-0.3, -0.25) is 0 Å². The van der Waals surface area contributed by atoms with Crippen LogP contribution in [0.15, 0.2) is 86.4 Å². The smallest absolute Gasteiger partial charge is 0.276 e. The van der Waals surface area contributed by atoms with Crippen LogP contribution in [0.2, 0.25) is 0 Å². The number of hydrogen-bond donors (Lipinski definition) is 2. The number of rotatable bonds is 7. The molecule has 0 amide bonds. The highest BCUT2D eigenvalue weighted by Crippen LogP contribution is 2.26. The number of para-hydroxylation sites is 2. The molecule has 0 unspecified atom stereocenters. The van der Waals surface area contributed by atoms with Crippen LogP contribution in [0.25, 0.3) is 11.1 Å². The van der Waals surface area contributed by atoms with E-state index in [0.717, 1.165) is 16.6 Å². The molecule has 0 spiro atoms. The minimum atomic E-state index is -3.87. The van der Waals surface area contributed by atoms with Gasteiger partial charge in [-0.05, 0) is 55.8 Å². The lowest BCUT2D eigenvalue weighted by Crippen LogP contribution is -2.21. The summed E-state index contributed by atoms with van der Waals surface area (Å²) in [6.45, 7) is 3.73. The average Bonchev–Trinajstić information content (AvgIpc) is 3.18. The number of benzene rings is 3. The topological polar surface area (TPSA) is 105 Å². The normalized spacial score (nSPS) is 12.2. The fourth-order valence-corrected chi connectivity index (χ4v) is 4.61. The second-order valence-electron chi connectivity index (χ2n) is 7.22. The Morgan fingerprint density at radius 2 is 1.78 bits per heavy atom. The summed E-state index contributed by atoms with van der Waals surface area (Å²) in [4.78, 5) is 6.81. The van der Waals surface area contributed by atoms with Crippen molar-refractivity contribution in [3.63, 3.8) is 0 Å². The lowest BCUT2D eigenvalue weighted by molar-refractivity contribution is 0.473. The van der Waals surface area contributed by atoms with Crippen LogP contribution >= 0.6 is 11.8 Å². The molecule has 0 bridgehead atoms. The minimum absolute atomic E-state index is 0.0106. The molecule has 0 saturated carbocycles. The highest BCUT2D eigenvalue weighted by Gasteiger charge is 2.17. The number of thioether (sulfide) groups is 1. The molecule has 0 saturated heterocycles. The number of aromatic nitrogens is 1. The molecule has 4 aromatic rings. The van der Waals surface area contributed by atoms with E-state index in [4.69, 9.17) is 4.42 Å². The van der Waals surface area contributed by atoms with Crippen LogP contribution in [-0.4, -0.2) is 30.0 Å². The number of aryl methyl sites for hydroxylation is 2. The molecule has 0 aliphatic heterocycles. The van der Waals surface area contributed by atoms with Crippen molar-refractivity contribution in [3.05, 3.63) is 83.4 Å². The summed E-state index contributed by atoms with van der Waals surface area (Å²) in [5.41, 5.74) is 3.97. The first-order valence-corrected chi connectivity index (χ1v) is 12.2. The van der Waals surface area contributed by atoms with E-state index in [9.17, 15) is 13.5 Å². The maximum absolute atomic E-state index is 12.7. The van der Waals surface area contributed by atoms with E-state index in [1.807, 2.05) is 44.2 Å². The Morgan fingerprint density at radius 3 is 2.50 bits per heavy atom. The van der Waals surface area contributed by atoms with E-state index in [2.05, 4.69) is 14.9 Å². The fourth-order valence-electron chi connectivity index (χ4n) is 2.98. The fraction of sp³-hybridized carbons (Fsp3) is 0.130. The summed E-state index contributed by atoms with van der Waals surface area (Å²) in [5, 5.41) is 15.0. The predicted molar refractivity (Wildman–Crippen MR) is 126 cm³/mol. The number of aromatic hydroxyl groups is 1. The third-order valence-electron chi connectivity index (χ3n) is 4.70. The van der Waals surface area contributed by atoms with Gasteiger partial charge in [-0.15, -0.1) is 0 Å². The van der Waals surface area contributed by atoms with Crippen molar-refractivity contribution < 1.29 is 17.9 Å². The van der Waals surface area contributed by atoms with Crippen molar-refractivity contribution in [2.45, 2.75) is 24.0 Å². The third-order valence-corrected chi connectivity index (χ3v) is 6.77. The SMILES string of the molecule is Cc1ccc(S(=O)(=O)N/N=C(\CSc2nc3ccccc3o2)c2ccc(C)cc2O)cc1. The van der Waals surface area contributed by atoms with Crippen molar-refractivity contribution in [1.82, 2.24) is 9.82 Å². The molecule has 9 heteroatoms. The zero-order chi connectivity index (χ0) is 22.7. The summed E-state index contributed by atoms with van der Waals surface area (Å²) in [6.07, 6.45) is 0. The molecule has 1 aromatic heterocycles. The Labute approximate surface area is 190 Å². The van der Waals surface area contributed by atoms with E-state index in [1.54, 1.807) is 24.3 Å². The second-order valence-corrected chi connectivity index (χ2v) is 9.81. The number of phenolic OH excluding ortho intramolecular Hbond substituents is 1. The predicted octanol–water partition coefficient (Wildman–Crippen LogP) is 4.63. The van der Waals surface area contributed by atoms with Crippen molar-refractivity contribution in [2.75, 3.05) is 5.75 Å². The van der Waals surface area contributed by atoms with Crippen molar-refractivity contribution in [1.29, 1.82) is 0 Å². The number of nitrogens with one attached hydrogen (secondary N) is 1. The lowest BCUT2D eigenvalue weighted by Gasteiger charge is -2.10. The van der Waals surface area contributed by atoms with Crippen molar-refractivity contribution >= 4 is 38.6 Å². The monoisotopic (exact) mass is 467 g/mol. The highest BCUT2D eigenvalue weighted by atomic mass is 32.2. The highest BCUT2D eigenvalue weighted by molar-refractivity contribution is 7.99. The number of fused-ring (bicyclic) bond motifs is 1. The molecular formula is C23H21N3O4S2. The molecule has 2 N–H and O–H groups in total. The number of oxazole rings is 1. The van der Waals surface area contributed by atoms with Crippen LogP contribution in [0.1, 0.15) is 16.7 Å². The van der Waals surface area contributed by atoms with Crippen LogP contribution in [0.5, 0.6) is 5.75 Å². The molecule has 4 rings (SSSR count). The minimum Gasteiger partial charge on any atom is -0.507 e. The maximum Gasteiger partial charge on any atom is 0.276 e. The average molecular weight is 468 g/mol. The first-order chi connectivity index (χ1) is 15.3. The van der Waals surface area contributed by atoms with Crippen LogP contribution < -0.4 is 4.83 Å². The quantitative estimate of drug-likeness (QED) is 0.233. The molecule has 0 fully saturated rings. The van der Waals surface area contributed by atoms with Gasteiger partial charge in [0.25, 0.3) is 15.2 Å². The summed E-state index contributed by atoms with van der Waals surface area (Å²) < 4.78 is 31.1. The molecule has 0 atom stereocenters. The molecule has 0 aliphatic carbocycles. The van der Waals surface area contributed by atoms with Gasteiger partial charge in [0.1, 0.15) is 11.3 Å². The van der Waals surface area contributed by atoms with E-state index in [0.29, 0.717) is 22.1 Å². The van der Waals surface area contributed by atoms with Gasteiger partial charge in [-0.1, -0.05) is 47.7 Å². The number of phenols is 1. The Hall–Kier alpha value is -3.30. The van der Waals surface area contributed by atoms with Gasteiger partial charge < -0.3 is 9.52 Å². The maximum atomic E-state index is 12.7. The molecular weight excluding hydrogens is 446 g/mol. The first-order valence-electron chi connectivity index (χ1n) is 9.75. The standard InChI is InChI=1S/C23H21N3O4S2/c1-15-7-10-17(11-8-15)32(28,29)26-25-20(18-12-9-16(2)13-21(18)27)14-31-23-24-19-5-3-4-6-22(19)30-23/h3-13,26-27H,14H2,1-2H3/b25-20+. The van der Waals surface area contributed by atoms with Gasteiger partial charge in [0, 0.05) is 11.3 Å². The van der Waals surface area contributed by atoms with Crippen molar-refractivity contribution in [3.8, 4) is 5.75 Å². The molecule has 0 aliphatic rings. The van der Waals surface area contributed by atoms with Gasteiger partial charge in [0.05, 0.1) is 10.6 Å². The number of hydrogen-bond acceptors (Lipinski definition) is 7. The summed E-state index contributed by atoms with van der Waals surface area (Å²) in [7, 11) is -3.87. The van der Waals surface area contributed by atoms with Gasteiger partial charge in [0.15, 0.2) is 5.58 Å². The van der Waals surface area contributed by atoms with Crippen LogP contribution in [0, 0.1) is 13.8 Å². The summed E-state index contributed by atoms with van der Waals surface area (Å²) in [6, 6.07) is 19.0. The van der Waals surface area contributed by atoms with Gasteiger partial charge >= 0.3 is 0 Å². The zero-order valence-corrected chi connectivity index (χ0v) is 19.1. The van der Waals surface area contributed by atoms with Crippen LogP contribution in [0.4, 0.5) is 0 Å². The number of hydrazone groups is 1. The van der Waals surface area contributed by atoms with Crippen LogP contribution in [0.3, 0.4) is 0 Å². The lowest BCUT2D eigenvalue weighted by atomic mass is 10.1. The Kier molecular flexibility index (Phi) is 6.20. The largest absolute Gasteiger partial charge is 0.507 e. The van der Waals surface area contributed by atoms with E-state index in [1.165, 1.54) is 23.9 Å². The first kappa shape index (κ1) is 21.9. The molecule has 0 radical (unpaired) electrons. The van der Waals surface area contributed by atoms with Crippen molar-refractivity contribution in [2.24, 2.45) is 5.10 Å². The summed E-state index contributed by atoms with van der Waals surface area (Å²) in [5.74, 6) is 0.233. The molecule has 164 valence electrons. The number of sulfonamides is 1. The van der Waals surface area contributed by atoms with E-state index in [-0.39, 0.29) is 16.4 Å². The van der Waals surface area contributed by atoms with Gasteiger partial charge in [-0.2, -0.15) is 18.4 Å². The van der Waals surface area contributed by atoms with Gasteiger partial charge in [-0.25, -0.2) is 4.98 Å². The van der Waals surface area contributed by atoms with E-state index < -0.39 is 10.0 Å². The molecule has 7 nitrogen and oxygen atoms in total. The summed E-state index contributed by atoms with van der Waals surface area (Å²) >= 11 is 1.26. The Morgan fingerprint density at radius 1 is 1.06 bits per heavy atom. The Bertz CT molecular complexity index is 1360. The third kappa shape index (κ3) is 4.95. The second kappa shape index (κ2) is 9.05. The zero-order valence-electron chi connectivity index (χ0n) is 17.4. The Balaban J connectivity index is 1.63. The van der Waals surface area contributed by atoms with Crippen LogP contribution in [-0.2, 0) is 10.0 Å². The van der Waals surface area contributed by atoms with Gasteiger partial charge in [0.2, 0.25) is 0 Å². The number of nitrogens with zero attached hydrogens (tertiary/aromatic N) is 2. The molecule has 3 aromatic carbocycles. The molecule has 1 heterocycles. The van der Waals surface area contributed by atoms with E-state index >= 15 is 0 Å².